The van der Waals surface area contributed by atoms with Gasteiger partial charge in [0.2, 0.25) is 15.9 Å². The number of hydrogen-bond donors (Lipinski definition) is 1. The van der Waals surface area contributed by atoms with Crippen LogP contribution in [0.4, 0.5) is 5.69 Å². The summed E-state index contributed by atoms with van der Waals surface area (Å²) >= 11 is 0. The molecule has 0 saturated carbocycles. The number of aromatic nitrogens is 1. The number of para-hydroxylation sites is 1. The lowest BCUT2D eigenvalue weighted by molar-refractivity contribution is -0.122. The molecule has 122 valence electrons. The summed E-state index contributed by atoms with van der Waals surface area (Å²) in [4.78, 5) is 16.3. The summed E-state index contributed by atoms with van der Waals surface area (Å²) in [6, 6.07) is 11.3. The fraction of sp³-hybridized carbons (Fsp3) is 0.250. The maximum absolute atomic E-state index is 12.3. The van der Waals surface area contributed by atoms with Crippen molar-refractivity contribution >= 4 is 21.6 Å². The molecule has 0 bridgehead atoms. The van der Waals surface area contributed by atoms with Crippen molar-refractivity contribution in [3.05, 3.63) is 60.4 Å². The van der Waals surface area contributed by atoms with Crippen molar-refractivity contribution in [1.29, 1.82) is 0 Å². The molecule has 0 aliphatic heterocycles. The van der Waals surface area contributed by atoms with Crippen LogP contribution in [0.1, 0.15) is 12.5 Å². The van der Waals surface area contributed by atoms with Crippen molar-refractivity contribution in [2.24, 2.45) is 0 Å². The van der Waals surface area contributed by atoms with Gasteiger partial charge in [-0.15, -0.1) is 0 Å². The highest BCUT2D eigenvalue weighted by atomic mass is 32.2. The van der Waals surface area contributed by atoms with Crippen LogP contribution < -0.4 is 9.62 Å². The molecule has 2 aromatic rings. The number of carbonyl (C=O) groups excluding carboxylic acids is 1. The van der Waals surface area contributed by atoms with E-state index in [2.05, 4.69) is 10.3 Å². The number of amides is 1. The minimum absolute atomic E-state index is 0.318. The van der Waals surface area contributed by atoms with Crippen molar-refractivity contribution in [2.45, 2.75) is 19.5 Å². The molecule has 0 fully saturated rings. The predicted octanol–water partition coefficient (Wildman–Crippen LogP) is 1.55. The maximum atomic E-state index is 12.3. The molecule has 1 aromatic carbocycles. The molecule has 1 N–H and O–H groups in total. The largest absolute Gasteiger partial charge is 0.350 e. The Morgan fingerprint density at radius 3 is 2.35 bits per heavy atom. The third-order valence-electron chi connectivity index (χ3n) is 3.32. The Labute approximate surface area is 136 Å². The van der Waals surface area contributed by atoms with E-state index in [-0.39, 0.29) is 5.91 Å². The van der Waals surface area contributed by atoms with Gasteiger partial charge in [0.1, 0.15) is 6.04 Å². The average molecular weight is 333 g/mol. The molecule has 1 atom stereocenters. The summed E-state index contributed by atoms with van der Waals surface area (Å²) in [7, 11) is -3.58. The van der Waals surface area contributed by atoms with Crippen LogP contribution in [0, 0.1) is 0 Å². The van der Waals surface area contributed by atoms with Crippen LogP contribution in [-0.2, 0) is 21.4 Å². The molecule has 0 radical (unpaired) electrons. The second-order valence-corrected chi connectivity index (χ2v) is 7.00. The fourth-order valence-electron chi connectivity index (χ4n) is 2.22. The van der Waals surface area contributed by atoms with Crippen LogP contribution in [0.5, 0.6) is 0 Å². The van der Waals surface area contributed by atoms with Gasteiger partial charge in [-0.1, -0.05) is 18.2 Å². The van der Waals surface area contributed by atoms with E-state index in [9.17, 15) is 13.2 Å². The molecule has 6 nitrogen and oxygen atoms in total. The summed E-state index contributed by atoms with van der Waals surface area (Å²) in [6.45, 7) is 1.88. The van der Waals surface area contributed by atoms with Gasteiger partial charge in [-0.05, 0) is 36.8 Å². The summed E-state index contributed by atoms with van der Waals surface area (Å²) < 4.78 is 25.3. The molecular weight excluding hydrogens is 314 g/mol. The first-order chi connectivity index (χ1) is 10.9. The molecule has 1 amide bonds. The van der Waals surface area contributed by atoms with Gasteiger partial charge in [-0.3, -0.25) is 14.1 Å². The molecular formula is C16H19N3O3S. The topological polar surface area (TPSA) is 79.4 Å². The van der Waals surface area contributed by atoms with E-state index in [0.29, 0.717) is 12.2 Å². The van der Waals surface area contributed by atoms with Crippen LogP contribution in [0.15, 0.2) is 54.9 Å². The highest BCUT2D eigenvalue weighted by Gasteiger charge is 2.28. The first-order valence-electron chi connectivity index (χ1n) is 7.10. The number of pyridine rings is 1. The Bertz CT molecular complexity index is 749. The molecule has 23 heavy (non-hydrogen) atoms. The van der Waals surface area contributed by atoms with Crippen molar-refractivity contribution in [1.82, 2.24) is 10.3 Å². The molecule has 0 aliphatic rings. The van der Waals surface area contributed by atoms with Gasteiger partial charge in [-0.25, -0.2) is 8.42 Å². The molecule has 1 aromatic heterocycles. The Morgan fingerprint density at radius 1 is 1.17 bits per heavy atom. The second kappa shape index (κ2) is 7.23. The van der Waals surface area contributed by atoms with Crippen LogP contribution in [0.2, 0.25) is 0 Å². The molecule has 0 spiro atoms. The number of rotatable bonds is 6. The first-order valence-corrected chi connectivity index (χ1v) is 8.95. The Morgan fingerprint density at radius 2 is 1.78 bits per heavy atom. The zero-order chi connectivity index (χ0) is 16.9. The third-order valence-corrected chi connectivity index (χ3v) is 4.56. The Hall–Kier alpha value is -2.41. The number of carbonyl (C=O) groups is 1. The summed E-state index contributed by atoms with van der Waals surface area (Å²) in [5, 5.41) is 2.75. The fourth-order valence-corrected chi connectivity index (χ4v) is 3.40. The smallest absolute Gasteiger partial charge is 0.243 e. The maximum Gasteiger partial charge on any atom is 0.243 e. The van der Waals surface area contributed by atoms with E-state index in [1.807, 2.05) is 0 Å². The first kappa shape index (κ1) is 17.0. The van der Waals surface area contributed by atoms with E-state index in [1.165, 1.54) is 0 Å². The van der Waals surface area contributed by atoms with Gasteiger partial charge in [0.25, 0.3) is 0 Å². The minimum Gasteiger partial charge on any atom is -0.350 e. The van der Waals surface area contributed by atoms with E-state index in [4.69, 9.17) is 0 Å². The predicted molar refractivity (Wildman–Crippen MR) is 89.3 cm³/mol. The van der Waals surface area contributed by atoms with Crippen LogP contribution in [0.3, 0.4) is 0 Å². The monoisotopic (exact) mass is 333 g/mol. The number of nitrogens with zero attached hydrogens (tertiary/aromatic N) is 2. The Kier molecular flexibility index (Phi) is 5.33. The highest BCUT2D eigenvalue weighted by molar-refractivity contribution is 7.92. The Balaban J connectivity index is 2.14. The van der Waals surface area contributed by atoms with E-state index >= 15 is 0 Å². The van der Waals surface area contributed by atoms with Crippen molar-refractivity contribution in [3.8, 4) is 0 Å². The van der Waals surface area contributed by atoms with Crippen molar-refractivity contribution < 1.29 is 13.2 Å². The molecule has 1 heterocycles. The van der Waals surface area contributed by atoms with Crippen molar-refractivity contribution in [2.75, 3.05) is 10.6 Å². The molecule has 0 saturated heterocycles. The lowest BCUT2D eigenvalue weighted by Gasteiger charge is -2.28. The van der Waals surface area contributed by atoms with Crippen LogP contribution in [0.25, 0.3) is 0 Å². The van der Waals surface area contributed by atoms with Gasteiger partial charge < -0.3 is 5.32 Å². The number of hydrogen-bond acceptors (Lipinski definition) is 4. The summed E-state index contributed by atoms with van der Waals surface area (Å²) in [6.07, 6.45) is 4.36. The molecule has 2 rings (SSSR count). The van der Waals surface area contributed by atoms with E-state index < -0.39 is 16.1 Å². The zero-order valence-electron chi connectivity index (χ0n) is 13.0. The second-order valence-electron chi connectivity index (χ2n) is 5.14. The van der Waals surface area contributed by atoms with Crippen molar-refractivity contribution in [3.63, 3.8) is 0 Å². The van der Waals surface area contributed by atoms with Gasteiger partial charge in [0.05, 0.1) is 11.9 Å². The van der Waals surface area contributed by atoms with Gasteiger partial charge >= 0.3 is 0 Å². The van der Waals surface area contributed by atoms with Crippen LogP contribution >= 0.6 is 0 Å². The van der Waals surface area contributed by atoms with E-state index in [1.54, 1.807) is 61.8 Å². The SMILES string of the molecule is C[C@@H](C(=O)NCc1ccncc1)N(c1ccccc1)S(C)(=O)=O. The number of nitrogens with one attached hydrogen (secondary N) is 1. The molecule has 0 unspecified atom stereocenters. The lowest BCUT2D eigenvalue weighted by atomic mass is 10.2. The standard InChI is InChI=1S/C16H19N3O3S/c1-13(16(20)18-12-14-8-10-17-11-9-14)19(23(2,21)22)15-6-4-3-5-7-15/h3-11,13H,12H2,1-2H3,(H,18,20)/t13-/m0/s1. The number of anilines is 1. The average Bonchev–Trinajstić information content (AvgIpc) is 2.53. The number of benzene rings is 1. The normalized spacial score (nSPS) is 12.4. The lowest BCUT2D eigenvalue weighted by Crippen LogP contribution is -2.47. The minimum atomic E-state index is -3.58. The highest BCUT2D eigenvalue weighted by Crippen LogP contribution is 2.20. The summed E-state index contributed by atoms with van der Waals surface area (Å²) in [5.41, 5.74) is 1.35. The molecule has 7 heteroatoms. The van der Waals surface area contributed by atoms with Gasteiger partial charge in [-0.2, -0.15) is 0 Å². The number of sulfonamides is 1. The summed E-state index contributed by atoms with van der Waals surface area (Å²) in [5.74, 6) is -0.365. The molecule has 0 aliphatic carbocycles. The zero-order valence-corrected chi connectivity index (χ0v) is 13.8. The van der Waals surface area contributed by atoms with E-state index in [0.717, 1.165) is 16.1 Å². The van der Waals surface area contributed by atoms with Crippen LogP contribution in [-0.4, -0.2) is 31.6 Å². The third kappa shape index (κ3) is 4.53. The quantitative estimate of drug-likeness (QED) is 0.870. The van der Waals surface area contributed by atoms with Gasteiger partial charge in [0.15, 0.2) is 0 Å². The van der Waals surface area contributed by atoms with Gasteiger partial charge in [0, 0.05) is 18.9 Å².